The Morgan fingerprint density at radius 2 is 0.911 bits per heavy atom. The molecule has 0 bridgehead atoms. The normalized spacial score (nSPS) is 13.5. The second kappa shape index (κ2) is 28.6. The number of nitrogens with zero attached hydrogens (tertiary/aromatic N) is 6. The summed E-state index contributed by atoms with van der Waals surface area (Å²) in [5, 5.41) is 0. The number of carbonyl (C=O) groups is 2. The van der Waals surface area contributed by atoms with Crippen LogP contribution in [0, 0.1) is 0 Å². The fourth-order valence-corrected chi connectivity index (χ4v) is 4.90. The minimum atomic E-state index is -0.380. The van der Waals surface area contributed by atoms with Gasteiger partial charge in [-0.05, 0) is 40.0 Å². The lowest BCUT2D eigenvalue weighted by Crippen LogP contribution is -2.39. The van der Waals surface area contributed by atoms with E-state index in [9.17, 15) is 9.59 Å². The van der Waals surface area contributed by atoms with Crippen molar-refractivity contribution < 1.29 is 23.8 Å². The summed E-state index contributed by atoms with van der Waals surface area (Å²) in [6, 6.07) is 0. The smallest absolute Gasteiger partial charge is 0.307 e. The summed E-state index contributed by atoms with van der Waals surface area (Å²) in [5.74, 6) is -0.451. The van der Waals surface area contributed by atoms with Gasteiger partial charge in [0.1, 0.15) is 12.7 Å². The van der Waals surface area contributed by atoms with E-state index in [1.54, 1.807) is 0 Å². The minimum absolute atomic E-state index is 0.174. The highest BCUT2D eigenvalue weighted by molar-refractivity contribution is 9.07. The maximum absolute atomic E-state index is 12.6. The number of hydrogen-bond acceptors (Lipinski definition) is 11. The van der Waals surface area contributed by atoms with Gasteiger partial charge >= 0.3 is 11.9 Å². The zero-order valence-corrected chi connectivity index (χ0v) is 32.9. The number of likely N-dealkylation sites (N-methyl/N-ethyl adjacent to an activating group) is 4. The van der Waals surface area contributed by atoms with E-state index in [4.69, 9.17) is 14.2 Å². The maximum Gasteiger partial charge on any atom is 0.307 e. The van der Waals surface area contributed by atoms with Crippen LogP contribution in [0.2, 0.25) is 0 Å². The zero-order valence-electron chi connectivity index (χ0n) is 29.8. The van der Waals surface area contributed by atoms with Crippen molar-refractivity contribution in [1.82, 2.24) is 27.5 Å². The first-order valence-electron chi connectivity index (χ1n) is 17.2. The highest BCUT2D eigenvalue weighted by atomic mass is 79.9. The topological polar surface area (TPSA) is 81.3 Å². The molecule has 0 aliphatic carbocycles. The Kier molecular flexibility index (Phi) is 28.4. The van der Waals surface area contributed by atoms with Crippen LogP contribution in [0.3, 0.4) is 0 Å². The van der Waals surface area contributed by atoms with E-state index in [0.717, 1.165) is 91.6 Å². The SMILES string of the molecule is CCN(Br)CCN(CCC(=O)OCC(C)OCC(C)OC(=O)CCN(CCN(Br)CC)CCN(CC)CC)CCN(CC)CC. The average molecular weight is 775 g/mol. The molecule has 13 heteroatoms. The van der Waals surface area contributed by atoms with Crippen LogP contribution < -0.4 is 0 Å². The quantitative estimate of drug-likeness (QED) is 0.0779. The molecule has 0 amide bonds. The number of hydrogen-bond donors (Lipinski definition) is 0. The molecule has 0 saturated heterocycles. The second-order valence-corrected chi connectivity index (χ2v) is 13.4. The van der Waals surface area contributed by atoms with Gasteiger partial charge in [-0.3, -0.25) is 9.59 Å². The molecule has 2 unspecified atom stereocenters. The van der Waals surface area contributed by atoms with Crippen molar-refractivity contribution in [3.8, 4) is 0 Å². The van der Waals surface area contributed by atoms with Crippen LogP contribution in [-0.2, 0) is 23.8 Å². The lowest BCUT2D eigenvalue weighted by atomic mass is 10.3. The predicted octanol–water partition coefficient (Wildman–Crippen LogP) is 4.20. The Morgan fingerprint density at radius 1 is 0.511 bits per heavy atom. The Hall–Kier alpha value is -0.380. The van der Waals surface area contributed by atoms with Crippen LogP contribution in [0.25, 0.3) is 0 Å². The number of esters is 2. The molecule has 0 aromatic heterocycles. The molecule has 45 heavy (non-hydrogen) atoms. The summed E-state index contributed by atoms with van der Waals surface area (Å²) in [7, 11) is 0. The van der Waals surface area contributed by atoms with Gasteiger partial charge < -0.3 is 33.8 Å². The first-order valence-corrected chi connectivity index (χ1v) is 18.6. The summed E-state index contributed by atoms with van der Waals surface area (Å²) in [5.41, 5.74) is 0. The molecular formula is C32H66Br2N6O5. The van der Waals surface area contributed by atoms with E-state index in [1.165, 1.54) is 0 Å². The average Bonchev–Trinajstić information content (AvgIpc) is 3.04. The highest BCUT2D eigenvalue weighted by Gasteiger charge is 2.17. The molecule has 0 radical (unpaired) electrons. The van der Waals surface area contributed by atoms with Gasteiger partial charge in [-0.1, -0.05) is 41.5 Å². The van der Waals surface area contributed by atoms with Gasteiger partial charge in [-0.25, -0.2) is 7.85 Å². The molecule has 268 valence electrons. The number of halogens is 2. The molecule has 0 aromatic rings. The van der Waals surface area contributed by atoms with Gasteiger partial charge in [-0.15, -0.1) is 0 Å². The van der Waals surface area contributed by atoms with Crippen molar-refractivity contribution in [2.24, 2.45) is 0 Å². The number of ether oxygens (including phenoxy) is 3. The third kappa shape index (κ3) is 24.4. The molecular weight excluding hydrogens is 708 g/mol. The second-order valence-electron chi connectivity index (χ2n) is 11.4. The van der Waals surface area contributed by atoms with Crippen molar-refractivity contribution in [1.29, 1.82) is 0 Å². The number of rotatable bonds is 30. The Balaban J connectivity index is 4.50. The van der Waals surface area contributed by atoms with Crippen molar-refractivity contribution in [2.75, 3.05) is 118 Å². The summed E-state index contributed by atoms with van der Waals surface area (Å²) in [6.45, 7) is 31.6. The third-order valence-corrected chi connectivity index (χ3v) is 9.66. The molecule has 0 saturated carbocycles. The van der Waals surface area contributed by atoms with Gasteiger partial charge in [0.25, 0.3) is 0 Å². The molecule has 0 heterocycles. The van der Waals surface area contributed by atoms with Crippen molar-refractivity contribution in [3.05, 3.63) is 0 Å². The van der Waals surface area contributed by atoms with Crippen molar-refractivity contribution in [2.45, 2.75) is 80.4 Å². The van der Waals surface area contributed by atoms with E-state index in [-0.39, 0.29) is 37.4 Å². The van der Waals surface area contributed by atoms with E-state index >= 15 is 0 Å². The highest BCUT2D eigenvalue weighted by Crippen LogP contribution is 2.05. The van der Waals surface area contributed by atoms with Crippen LogP contribution in [0.15, 0.2) is 0 Å². The molecule has 0 spiro atoms. The lowest BCUT2D eigenvalue weighted by Gasteiger charge is -2.27. The third-order valence-electron chi connectivity index (χ3n) is 7.95. The van der Waals surface area contributed by atoms with E-state index in [0.29, 0.717) is 25.9 Å². The largest absolute Gasteiger partial charge is 0.463 e. The van der Waals surface area contributed by atoms with Crippen LogP contribution >= 0.6 is 32.3 Å². The van der Waals surface area contributed by atoms with Crippen molar-refractivity contribution in [3.63, 3.8) is 0 Å². The monoisotopic (exact) mass is 772 g/mol. The van der Waals surface area contributed by atoms with Gasteiger partial charge in [0.15, 0.2) is 0 Å². The molecule has 0 N–H and O–H groups in total. The van der Waals surface area contributed by atoms with Crippen LogP contribution in [0.4, 0.5) is 0 Å². The molecule has 0 aliphatic heterocycles. The van der Waals surface area contributed by atoms with Crippen molar-refractivity contribution >= 4 is 44.2 Å². The molecule has 2 atom stereocenters. The molecule has 0 aromatic carbocycles. The molecule has 11 nitrogen and oxygen atoms in total. The van der Waals surface area contributed by atoms with E-state index < -0.39 is 0 Å². The van der Waals surface area contributed by atoms with Crippen LogP contribution in [0.1, 0.15) is 68.2 Å². The standard InChI is InChI=1S/C32H66Br2N6O5/c1-9-35(10-2)19-21-37(23-25-39(33)13-5)17-15-31(41)44-27-29(7)43-28-30(8)45-32(42)16-18-38(24-26-40(34)14-6)22-20-36(11-3)12-4/h29-30H,9-28H2,1-8H3. The van der Waals surface area contributed by atoms with Gasteiger partial charge in [0.2, 0.25) is 0 Å². The minimum Gasteiger partial charge on any atom is -0.463 e. The first-order chi connectivity index (χ1) is 21.5. The Bertz CT molecular complexity index is 736. The fourth-order valence-electron chi connectivity index (χ4n) is 4.58. The summed E-state index contributed by atoms with van der Waals surface area (Å²) < 4.78 is 21.2. The van der Waals surface area contributed by atoms with Crippen LogP contribution in [-0.4, -0.2) is 170 Å². The van der Waals surface area contributed by atoms with E-state index in [1.807, 2.05) is 13.8 Å². The summed E-state index contributed by atoms with van der Waals surface area (Å²) in [6.07, 6.45) is 0.00400. The van der Waals surface area contributed by atoms with Crippen LogP contribution in [0.5, 0.6) is 0 Å². The molecule has 0 rings (SSSR count). The summed E-state index contributed by atoms with van der Waals surface area (Å²) >= 11 is 7.14. The maximum atomic E-state index is 12.6. The molecule has 0 aliphatic rings. The number of carbonyl (C=O) groups excluding carboxylic acids is 2. The molecule has 0 fully saturated rings. The Morgan fingerprint density at radius 3 is 1.33 bits per heavy atom. The van der Waals surface area contributed by atoms with Gasteiger partial charge in [0, 0.05) is 111 Å². The lowest BCUT2D eigenvalue weighted by molar-refractivity contribution is -0.154. The predicted molar refractivity (Wildman–Crippen MR) is 192 cm³/mol. The Labute approximate surface area is 292 Å². The van der Waals surface area contributed by atoms with Gasteiger partial charge in [0.05, 0.1) is 25.6 Å². The fraction of sp³-hybridized carbons (Fsp3) is 0.938. The van der Waals surface area contributed by atoms with E-state index in [2.05, 4.69) is 101 Å². The summed E-state index contributed by atoms with van der Waals surface area (Å²) in [4.78, 5) is 34.5. The zero-order chi connectivity index (χ0) is 34.0. The van der Waals surface area contributed by atoms with Gasteiger partial charge in [-0.2, -0.15) is 0 Å². The first kappa shape index (κ1) is 44.6.